The first-order valence-corrected chi connectivity index (χ1v) is 7.74. The Morgan fingerprint density at radius 3 is 2.48 bits per heavy atom. The molecule has 0 unspecified atom stereocenters. The van der Waals surface area contributed by atoms with Gasteiger partial charge in [0, 0.05) is 22.0 Å². The molecule has 0 fully saturated rings. The molecular formula is C20H17N3O2. The summed E-state index contributed by atoms with van der Waals surface area (Å²) in [5.74, 6) is -0.154. The largest absolute Gasteiger partial charge is 0.507 e. The number of carbonyl (C=O) groups is 1. The molecule has 0 saturated heterocycles. The van der Waals surface area contributed by atoms with Crippen LogP contribution in [0.5, 0.6) is 5.75 Å². The minimum absolute atomic E-state index is 0.111. The molecule has 124 valence electrons. The summed E-state index contributed by atoms with van der Waals surface area (Å²) in [4.78, 5) is 11.8. The van der Waals surface area contributed by atoms with Crippen molar-refractivity contribution < 1.29 is 9.90 Å². The third-order valence-corrected chi connectivity index (χ3v) is 3.65. The minimum atomic E-state index is -0.265. The number of fused-ring (bicyclic) bond motifs is 1. The Morgan fingerprint density at radius 2 is 1.76 bits per heavy atom. The monoisotopic (exact) mass is 331 g/mol. The maximum absolute atomic E-state index is 11.8. The molecule has 25 heavy (non-hydrogen) atoms. The number of anilines is 1. The Kier molecular flexibility index (Phi) is 4.57. The number of hydrogen-bond acceptors (Lipinski definition) is 4. The maximum atomic E-state index is 11.8. The van der Waals surface area contributed by atoms with Gasteiger partial charge in [-0.2, -0.15) is 5.11 Å². The van der Waals surface area contributed by atoms with E-state index in [0.29, 0.717) is 22.3 Å². The van der Waals surface area contributed by atoms with E-state index in [4.69, 9.17) is 0 Å². The fourth-order valence-electron chi connectivity index (χ4n) is 2.33. The van der Waals surface area contributed by atoms with Crippen molar-refractivity contribution in [3.8, 4) is 5.75 Å². The molecule has 0 atom stereocenters. The SMILES string of the molecule is C=C(C)C(=O)Nc1ccc2c(N=Nc3ccccc3)ccc(O)c2c1. The third kappa shape index (κ3) is 3.72. The minimum Gasteiger partial charge on any atom is -0.507 e. The molecule has 0 aromatic heterocycles. The van der Waals surface area contributed by atoms with Gasteiger partial charge < -0.3 is 10.4 Å². The molecule has 0 radical (unpaired) electrons. The smallest absolute Gasteiger partial charge is 0.250 e. The Labute approximate surface area is 145 Å². The molecular weight excluding hydrogens is 314 g/mol. The highest BCUT2D eigenvalue weighted by Crippen LogP contribution is 2.35. The van der Waals surface area contributed by atoms with Crippen LogP contribution in [0.15, 0.2) is 83.0 Å². The van der Waals surface area contributed by atoms with E-state index in [1.165, 1.54) is 0 Å². The standard InChI is InChI=1S/C20H17N3O2/c1-13(2)20(25)21-15-8-9-16-17(12-15)19(24)11-10-18(16)23-22-14-6-4-3-5-7-14/h3-12,24H,1H2,2H3,(H,21,25). The fourth-order valence-corrected chi connectivity index (χ4v) is 2.33. The van der Waals surface area contributed by atoms with E-state index in [0.717, 1.165) is 11.1 Å². The van der Waals surface area contributed by atoms with E-state index in [1.54, 1.807) is 37.3 Å². The summed E-state index contributed by atoms with van der Waals surface area (Å²) in [5, 5.41) is 22.7. The Morgan fingerprint density at radius 1 is 1.00 bits per heavy atom. The van der Waals surface area contributed by atoms with Gasteiger partial charge in [-0.15, -0.1) is 5.11 Å². The van der Waals surface area contributed by atoms with E-state index in [-0.39, 0.29) is 11.7 Å². The molecule has 5 heteroatoms. The average Bonchev–Trinajstić information content (AvgIpc) is 2.62. The number of benzene rings is 3. The van der Waals surface area contributed by atoms with E-state index in [1.807, 2.05) is 30.3 Å². The lowest BCUT2D eigenvalue weighted by molar-refractivity contribution is -0.112. The molecule has 3 aromatic carbocycles. The van der Waals surface area contributed by atoms with Gasteiger partial charge in [0.25, 0.3) is 5.91 Å². The fraction of sp³-hybridized carbons (Fsp3) is 0.0500. The number of phenolic OH excluding ortho intramolecular Hbond substituents is 1. The van der Waals surface area contributed by atoms with E-state index < -0.39 is 0 Å². The zero-order chi connectivity index (χ0) is 17.8. The molecule has 0 heterocycles. The number of phenols is 1. The second kappa shape index (κ2) is 6.97. The predicted octanol–water partition coefficient (Wildman–Crippen LogP) is 5.48. The molecule has 3 aromatic rings. The zero-order valence-electron chi connectivity index (χ0n) is 13.7. The zero-order valence-corrected chi connectivity index (χ0v) is 13.7. The van der Waals surface area contributed by atoms with E-state index in [2.05, 4.69) is 22.1 Å². The van der Waals surface area contributed by atoms with Crippen molar-refractivity contribution in [2.75, 3.05) is 5.32 Å². The summed E-state index contributed by atoms with van der Waals surface area (Å²) in [6.07, 6.45) is 0. The van der Waals surface area contributed by atoms with Crippen LogP contribution < -0.4 is 5.32 Å². The van der Waals surface area contributed by atoms with E-state index >= 15 is 0 Å². The second-order valence-electron chi connectivity index (χ2n) is 5.63. The lowest BCUT2D eigenvalue weighted by Gasteiger charge is -2.08. The highest BCUT2D eigenvalue weighted by Gasteiger charge is 2.08. The molecule has 0 aliphatic rings. The maximum Gasteiger partial charge on any atom is 0.250 e. The molecule has 3 rings (SSSR count). The van der Waals surface area contributed by atoms with Crippen LogP contribution >= 0.6 is 0 Å². The lowest BCUT2D eigenvalue weighted by Crippen LogP contribution is -2.11. The number of nitrogens with one attached hydrogen (secondary N) is 1. The summed E-state index contributed by atoms with van der Waals surface area (Å²) in [5.41, 5.74) is 2.37. The highest BCUT2D eigenvalue weighted by atomic mass is 16.3. The van der Waals surface area contributed by atoms with Crippen molar-refractivity contribution in [1.82, 2.24) is 0 Å². The summed E-state index contributed by atoms with van der Waals surface area (Å²) in [6, 6.07) is 17.9. The van der Waals surface area contributed by atoms with Crippen molar-refractivity contribution in [2.24, 2.45) is 10.2 Å². The molecule has 0 aliphatic heterocycles. The molecule has 5 nitrogen and oxygen atoms in total. The number of carbonyl (C=O) groups excluding carboxylic acids is 1. The molecule has 1 amide bonds. The number of nitrogens with zero attached hydrogens (tertiary/aromatic N) is 2. The quantitative estimate of drug-likeness (QED) is 0.491. The van der Waals surface area contributed by atoms with Gasteiger partial charge in [-0.25, -0.2) is 0 Å². The van der Waals surface area contributed by atoms with Gasteiger partial charge in [0.15, 0.2) is 0 Å². The van der Waals surface area contributed by atoms with Gasteiger partial charge in [-0.3, -0.25) is 4.79 Å². The lowest BCUT2D eigenvalue weighted by atomic mass is 10.1. The molecule has 0 aliphatic carbocycles. The topological polar surface area (TPSA) is 74.0 Å². The van der Waals surface area contributed by atoms with Crippen LogP contribution in [0.4, 0.5) is 17.1 Å². The Hall–Kier alpha value is -3.47. The second-order valence-corrected chi connectivity index (χ2v) is 5.63. The summed E-state index contributed by atoms with van der Waals surface area (Å²) < 4.78 is 0. The van der Waals surface area contributed by atoms with Crippen molar-refractivity contribution in [3.63, 3.8) is 0 Å². The van der Waals surface area contributed by atoms with Crippen molar-refractivity contribution >= 4 is 33.7 Å². The third-order valence-electron chi connectivity index (χ3n) is 3.65. The number of aromatic hydroxyl groups is 1. The van der Waals surface area contributed by atoms with Crippen LogP contribution in [0.2, 0.25) is 0 Å². The van der Waals surface area contributed by atoms with Gasteiger partial charge in [-0.1, -0.05) is 24.8 Å². The molecule has 0 spiro atoms. The number of amides is 1. The van der Waals surface area contributed by atoms with Gasteiger partial charge in [-0.05, 0) is 49.4 Å². The molecule has 0 saturated carbocycles. The van der Waals surface area contributed by atoms with Gasteiger partial charge in [0.2, 0.25) is 0 Å². The van der Waals surface area contributed by atoms with Crippen LogP contribution in [0.1, 0.15) is 6.92 Å². The molecule has 0 bridgehead atoms. The van der Waals surface area contributed by atoms with Crippen molar-refractivity contribution in [1.29, 1.82) is 0 Å². The van der Waals surface area contributed by atoms with Gasteiger partial charge in [0.1, 0.15) is 5.75 Å². The van der Waals surface area contributed by atoms with Crippen LogP contribution in [-0.2, 0) is 4.79 Å². The Bertz CT molecular complexity index is 979. The molecule has 2 N–H and O–H groups in total. The van der Waals surface area contributed by atoms with Gasteiger partial charge >= 0.3 is 0 Å². The average molecular weight is 331 g/mol. The van der Waals surface area contributed by atoms with E-state index in [9.17, 15) is 9.90 Å². The van der Waals surface area contributed by atoms with Crippen LogP contribution in [0.3, 0.4) is 0 Å². The first kappa shape index (κ1) is 16.4. The van der Waals surface area contributed by atoms with Gasteiger partial charge in [0.05, 0.1) is 11.4 Å². The first-order valence-electron chi connectivity index (χ1n) is 7.74. The highest BCUT2D eigenvalue weighted by molar-refractivity contribution is 6.05. The van der Waals surface area contributed by atoms with Crippen LogP contribution in [0, 0.1) is 0 Å². The summed E-state index contributed by atoms with van der Waals surface area (Å²) >= 11 is 0. The van der Waals surface area contributed by atoms with Crippen molar-refractivity contribution in [3.05, 3.63) is 72.8 Å². The number of azo groups is 1. The Balaban J connectivity index is 1.98. The van der Waals surface area contributed by atoms with Crippen molar-refractivity contribution in [2.45, 2.75) is 6.92 Å². The first-order chi connectivity index (χ1) is 12.0. The summed E-state index contributed by atoms with van der Waals surface area (Å²) in [6.45, 7) is 5.24. The van der Waals surface area contributed by atoms with Crippen LogP contribution in [-0.4, -0.2) is 11.0 Å². The van der Waals surface area contributed by atoms with Crippen LogP contribution in [0.25, 0.3) is 10.8 Å². The number of rotatable bonds is 4. The predicted molar refractivity (Wildman–Crippen MR) is 99.7 cm³/mol. The summed E-state index contributed by atoms with van der Waals surface area (Å²) in [7, 11) is 0. The number of hydrogen-bond donors (Lipinski definition) is 2. The normalized spacial score (nSPS) is 10.9.